The monoisotopic (exact) mass is 309 g/mol. The van der Waals surface area contributed by atoms with Crippen molar-refractivity contribution in [1.82, 2.24) is 24.8 Å². The Hall–Kier alpha value is -2.12. The minimum Gasteiger partial charge on any atom is -0.346 e. The summed E-state index contributed by atoms with van der Waals surface area (Å²) in [6.45, 7) is 0. The second kappa shape index (κ2) is 4.69. The molecule has 3 heterocycles. The first-order valence-electron chi connectivity index (χ1n) is 7.28. The Bertz CT molecular complexity index is 811. The minimum absolute atomic E-state index is 0.0246. The van der Waals surface area contributed by atoms with Crippen molar-refractivity contribution in [2.24, 2.45) is 5.92 Å². The van der Waals surface area contributed by atoms with E-state index in [0.717, 1.165) is 22.2 Å². The van der Waals surface area contributed by atoms with E-state index in [4.69, 9.17) is 0 Å². The largest absolute Gasteiger partial charge is 0.391 e. The molecular formula is C14H14F3N5. The number of aromatic nitrogens is 5. The fraction of sp³-hybridized carbons (Fsp3) is 0.500. The summed E-state index contributed by atoms with van der Waals surface area (Å²) in [6, 6.07) is 1.89. The SMILES string of the molecule is FC(F)(F)C1CCC(c2nnn3cnc4[nH]ccc4c23)CC1. The smallest absolute Gasteiger partial charge is 0.346 e. The normalized spacial score (nSPS) is 23.4. The average molecular weight is 309 g/mol. The van der Waals surface area contributed by atoms with Gasteiger partial charge in [-0.25, -0.2) is 9.50 Å². The Morgan fingerprint density at radius 1 is 1.18 bits per heavy atom. The fourth-order valence-corrected chi connectivity index (χ4v) is 3.39. The molecule has 4 rings (SSSR count). The van der Waals surface area contributed by atoms with Crippen LogP contribution in [0.25, 0.3) is 16.6 Å². The standard InChI is InChI=1S/C14H14F3N5/c15-14(16,17)9-3-1-8(2-4-9)11-12-10-5-6-18-13(10)19-7-22(12)21-20-11/h5-9,18H,1-4H2. The van der Waals surface area contributed by atoms with Crippen molar-refractivity contribution in [2.75, 3.05) is 0 Å². The number of alkyl halides is 3. The molecule has 1 aliphatic carbocycles. The van der Waals surface area contributed by atoms with E-state index in [0.29, 0.717) is 12.8 Å². The number of H-pyrrole nitrogens is 1. The molecule has 22 heavy (non-hydrogen) atoms. The number of aromatic amines is 1. The van der Waals surface area contributed by atoms with E-state index in [9.17, 15) is 13.2 Å². The molecule has 1 aliphatic rings. The van der Waals surface area contributed by atoms with Gasteiger partial charge in [0, 0.05) is 17.5 Å². The van der Waals surface area contributed by atoms with Crippen LogP contribution in [0, 0.1) is 5.92 Å². The van der Waals surface area contributed by atoms with E-state index < -0.39 is 12.1 Å². The minimum atomic E-state index is -4.09. The van der Waals surface area contributed by atoms with E-state index in [1.54, 1.807) is 17.0 Å². The number of hydrogen-bond donors (Lipinski definition) is 1. The maximum atomic E-state index is 12.8. The Balaban J connectivity index is 1.69. The predicted molar refractivity (Wildman–Crippen MR) is 73.4 cm³/mol. The van der Waals surface area contributed by atoms with Gasteiger partial charge in [0.25, 0.3) is 0 Å². The van der Waals surface area contributed by atoms with Crippen LogP contribution in [0.4, 0.5) is 13.2 Å². The summed E-state index contributed by atoms with van der Waals surface area (Å²) in [7, 11) is 0. The van der Waals surface area contributed by atoms with Crippen LogP contribution in [0.3, 0.4) is 0 Å². The van der Waals surface area contributed by atoms with Gasteiger partial charge < -0.3 is 4.98 Å². The Labute approximate surface area is 123 Å². The molecule has 0 spiro atoms. The van der Waals surface area contributed by atoms with E-state index in [1.807, 2.05) is 6.07 Å². The highest BCUT2D eigenvalue weighted by Gasteiger charge is 2.42. The van der Waals surface area contributed by atoms with Gasteiger partial charge in [-0.05, 0) is 31.7 Å². The lowest BCUT2D eigenvalue weighted by Crippen LogP contribution is -2.27. The molecule has 0 amide bonds. The molecule has 0 atom stereocenters. The summed E-state index contributed by atoms with van der Waals surface area (Å²) in [6.07, 6.45) is 0.584. The van der Waals surface area contributed by atoms with Gasteiger partial charge in [-0.3, -0.25) is 0 Å². The van der Waals surface area contributed by atoms with Crippen LogP contribution in [0.1, 0.15) is 37.3 Å². The van der Waals surface area contributed by atoms with Crippen molar-refractivity contribution in [3.8, 4) is 0 Å². The zero-order valence-electron chi connectivity index (χ0n) is 11.6. The molecule has 0 aromatic carbocycles. The highest BCUT2D eigenvalue weighted by Crippen LogP contribution is 2.43. The topological polar surface area (TPSA) is 58.9 Å². The second-order valence-corrected chi connectivity index (χ2v) is 5.84. The molecule has 3 aromatic heterocycles. The van der Waals surface area contributed by atoms with Gasteiger partial charge in [0.15, 0.2) is 0 Å². The summed E-state index contributed by atoms with van der Waals surface area (Å²) in [5.74, 6) is -1.16. The quantitative estimate of drug-likeness (QED) is 0.749. The van der Waals surface area contributed by atoms with Gasteiger partial charge in [0.1, 0.15) is 17.5 Å². The van der Waals surface area contributed by atoms with Gasteiger partial charge in [-0.15, -0.1) is 5.10 Å². The predicted octanol–water partition coefficient (Wildman–Crippen LogP) is 3.44. The third kappa shape index (κ3) is 2.05. The van der Waals surface area contributed by atoms with Gasteiger partial charge in [0.05, 0.1) is 11.6 Å². The van der Waals surface area contributed by atoms with Gasteiger partial charge in [-0.1, -0.05) is 5.21 Å². The van der Waals surface area contributed by atoms with E-state index in [1.165, 1.54) is 0 Å². The number of halogens is 3. The molecular weight excluding hydrogens is 295 g/mol. The molecule has 8 heteroatoms. The molecule has 3 aromatic rings. The van der Waals surface area contributed by atoms with Gasteiger partial charge in [0.2, 0.25) is 0 Å². The van der Waals surface area contributed by atoms with Crippen LogP contribution >= 0.6 is 0 Å². The molecule has 5 nitrogen and oxygen atoms in total. The first kappa shape index (κ1) is 13.5. The molecule has 1 N–H and O–H groups in total. The lowest BCUT2D eigenvalue weighted by Gasteiger charge is -2.28. The van der Waals surface area contributed by atoms with E-state index in [2.05, 4.69) is 20.3 Å². The molecule has 1 fully saturated rings. The van der Waals surface area contributed by atoms with Crippen LogP contribution < -0.4 is 0 Å². The molecule has 0 saturated heterocycles. The molecule has 116 valence electrons. The molecule has 0 unspecified atom stereocenters. The molecule has 1 saturated carbocycles. The molecule has 0 aliphatic heterocycles. The zero-order valence-corrected chi connectivity index (χ0v) is 11.6. The summed E-state index contributed by atoms with van der Waals surface area (Å²) >= 11 is 0. The van der Waals surface area contributed by atoms with E-state index >= 15 is 0 Å². The molecule has 0 bridgehead atoms. The number of hydrogen-bond acceptors (Lipinski definition) is 3. The van der Waals surface area contributed by atoms with Gasteiger partial charge in [-0.2, -0.15) is 13.2 Å². The van der Waals surface area contributed by atoms with Crippen LogP contribution in [0.5, 0.6) is 0 Å². The van der Waals surface area contributed by atoms with E-state index in [-0.39, 0.29) is 18.8 Å². The number of rotatable bonds is 1. The van der Waals surface area contributed by atoms with Crippen LogP contribution in [0.2, 0.25) is 0 Å². The average Bonchev–Trinajstić information content (AvgIpc) is 3.12. The summed E-state index contributed by atoms with van der Waals surface area (Å²) in [5, 5.41) is 9.18. The number of nitrogens with zero attached hydrogens (tertiary/aromatic N) is 4. The maximum absolute atomic E-state index is 12.8. The Kier molecular flexibility index (Phi) is 2.88. The highest BCUT2D eigenvalue weighted by molar-refractivity contribution is 5.92. The van der Waals surface area contributed by atoms with Crippen molar-refractivity contribution in [3.63, 3.8) is 0 Å². The summed E-state index contributed by atoms with van der Waals surface area (Å²) in [5.41, 5.74) is 2.37. The second-order valence-electron chi connectivity index (χ2n) is 5.84. The highest BCUT2D eigenvalue weighted by atomic mass is 19.4. The first-order chi connectivity index (χ1) is 10.5. The van der Waals surface area contributed by atoms with Crippen molar-refractivity contribution < 1.29 is 13.2 Å². The first-order valence-corrected chi connectivity index (χ1v) is 7.28. The van der Waals surface area contributed by atoms with Crippen molar-refractivity contribution in [2.45, 2.75) is 37.8 Å². The summed E-state index contributed by atoms with van der Waals surface area (Å²) < 4.78 is 40.0. The number of fused-ring (bicyclic) bond motifs is 3. The van der Waals surface area contributed by atoms with Crippen molar-refractivity contribution in [3.05, 3.63) is 24.3 Å². The Morgan fingerprint density at radius 2 is 1.95 bits per heavy atom. The maximum Gasteiger partial charge on any atom is 0.391 e. The van der Waals surface area contributed by atoms with Crippen LogP contribution in [0.15, 0.2) is 18.6 Å². The van der Waals surface area contributed by atoms with Crippen molar-refractivity contribution in [1.29, 1.82) is 0 Å². The van der Waals surface area contributed by atoms with Gasteiger partial charge >= 0.3 is 6.18 Å². The lowest BCUT2D eigenvalue weighted by atomic mass is 9.80. The third-order valence-corrected chi connectivity index (χ3v) is 4.57. The van der Waals surface area contributed by atoms with Crippen LogP contribution in [-0.4, -0.2) is 31.0 Å². The van der Waals surface area contributed by atoms with Crippen LogP contribution in [-0.2, 0) is 0 Å². The fourth-order valence-electron chi connectivity index (χ4n) is 3.39. The molecule has 0 radical (unpaired) electrons. The Morgan fingerprint density at radius 3 is 2.68 bits per heavy atom. The third-order valence-electron chi connectivity index (χ3n) is 4.57. The zero-order chi connectivity index (χ0) is 15.3. The van der Waals surface area contributed by atoms with Crippen molar-refractivity contribution >= 4 is 16.6 Å². The number of nitrogens with one attached hydrogen (secondary N) is 1. The lowest BCUT2D eigenvalue weighted by molar-refractivity contribution is -0.182. The summed E-state index contributed by atoms with van der Waals surface area (Å²) in [4.78, 5) is 7.26.